The minimum absolute atomic E-state index is 0.297. The Hall–Kier alpha value is -2.03. The largest absolute Gasteiger partial charge is 0.353 e. The van der Waals surface area contributed by atoms with Gasteiger partial charge in [0.2, 0.25) is 0 Å². The van der Waals surface area contributed by atoms with Crippen molar-refractivity contribution in [1.82, 2.24) is 25.1 Å². The van der Waals surface area contributed by atoms with E-state index in [1.54, 1.807) is 6.33 Å². The van der Waals surface area contributed by atoms with Crippen LogP contribution >= 0.6 is 15.9 Å². The zero-order chi connectivity index (χ0) is 19.0. The van der Waals surface area contributed by atoms with Gasteiger partial charge in [0.25, 0.3) is 0 Å². The van der Waals surface area contributed by atoms with E-state index in [2.05, 4.69) is 70.2 Å². The summed E-state index contributed by atoms with van der Waals surface area (Å²) in [5, 5.41) is 8.07. The summed E-state index contributed by atoms with van der Waals surface area (Å²) in [7, 11) is 0. The molecule has 4 rings (SSSR count). The number of rotatable bonds is 4. The van der Waals surface area contributed by atoms with E-state index in [0.717, 1.165) is 59.7 Å². The topological polar surface area (TPSA) is 87.0 Å². The lowest BCUT2D eigenvalue weighted by Crippen LogP contribution is -2.46. The molecule has 3 N–H and O–H groups in total. The highest BCUT2D eigenvalue weighted by Crippen LogP contribution is 2.29. The Kier molecular flexibility index (Phi) is 4.88. The van der Waals surface area contributed by atoms with Crippen LogP contribution in [-0.4, -0.2) is 51.2 Å². The Morgan fingerprint density at radius 2 is 1.81 bits per heavy atom. The molecule has 2 aromatic heterocycles. The number of aromatic nitrogens is 4. The zero-order valence-corrected chi connectivity index (χ0v) is 17.2. The second kappa shape index (κ2) is 7.18. The highest BCUT2D eigenvalue weighted by atomic mass is 79.9. The fourth-order valence-electron chi connectivity index (χ4n) is 3.46. The third-order valence-electron chi connectivity index (χ3n) is 5.07. The molecule has 0 radical (unpaired) electrons. The molecule has 1 aromatic carbocycles. The smallest absolute Gasteiger partial charge is 0.161 e. The number of nitrogens with zero attached hydrogens (tertiary/aromatic N) is 5. The molecule has 1 saturated heterocycles. The number of benzene rings is 1. The first kappa shape index (κ1) is 18.3. The van der Waals surface area contributed by atoms with Crippen molar-refractivity contribution in [2.75, 3.05) is 31.1 Å². The molecule has 0 amide bonds. The van der Waals surface area contributed by atoms with Crippen LogP contribution in [0.15, 0.2) is 35.2 Å². The van der Waals surface area contributed by atoms with Crippen LogP contribution in [0.2, 0.25) is 0 Å². The van der Waals surface area contributed by atoms with Crippen molar-refractivity contribution >= 4 is 32.8 Å². The summed E-state index contributed by atoms with van der Waals surface area (Å²) < 4.78 is 0.762. The number of anilines is 1. The van der Waals surface area contributed by atoms with Crippen molar-refractivity contribution in [2.45, 2.75) is 25.9 Å². The van der Waals surface area contributed by atoms with Crippen LogP contribution in [0.3, 0.4) is 0 Å². The van der Waals surface area contributed by atoms with Gasteiger partial charge in [0.15, 0.2) is 5.65 Å². The average Bonchev–Trinajstić information content (AvgIpc) is 3.04. The predicted molar refractivity (Wildman–Crippen MR) is 111 cm³/mol. The molecule has 1 fully saturated rings. The van der Waals surface area contributed by atoms with E-state index in [0.29, 0.717) is 0 Å². The lowest BCUT2D eigenvalue weighted by Gasteiger charge is -2.35. The van der Waals surface area contributed by atoms with Crippen molar-refractivity contribution < 1.29 is 0 Å². The van der Waals surface area contributed by atoms with Gasteiger partial charge >= 0.3 is 0 Å². The molecule has 142 valence electrons. The first-order valence-corrected chi connectivity index (χ1v) is 9.91. The second-order valence-electron chi connectivity index (χ2n) is 7.62. The van der Waals surface area contributed by atoms with Crippen LogP contribution in [-0.2, 0) is 12.1 Å². The Morgan fingerprint density at radius 1 is 1.11 bits per heavy atom. The zero-order valence-electron chi connectivity index (χ0n) is 15.6. The first-order valence-electron chi connectivity index (χ1n) is 9.12. The molecule has 0 spiro atoms. The van der Waals surface area contributed by atoms with Crippen LogP contribution in [0.25, 0.3) is 11.0 Å². The molecule has 8 heteroatoms. The van der Waals surface area contributed by atoms with Gasteiger partial charge in [0, 0.05) is 38.3 Å². The van der Waals surface area contributed by atoms with Gasteiger partial charge in [-0.25, -0.2) is 9.97 Å². The predicted octanol–water partition coefficient (Wildman–Crippen LogP) is 2.63. The van der Waals surface area contributed by atoms with Gasteiger partial charge in [-0.1, -0.05) is 24.3 Å². The van der Waals surface area contributed by atoms with E-state index >= 15 is 0 Å². The molecular formula is C19H24BrN7. The van der Waals surface area contributed by atoms with Crippen molar-refractivity contribution in [1.29, 1.82) is 0 Å². The lowest BCUT2D eigenvalue weighted by atomic mass is 9.95. The number of hydrogen-bond donors (Lipinski definition) is 2. The molecule has 7 nitrogen and oxygen atoms in total. The molecule has 1 aliphatic rings. The van der Waals surface area contributed by atoms with E-state index < -0.39 is 0 Å². The van der Waals surface area contributed by atoms with Gasteiger partial charge in [-0.3, -0.25) is 10.00 Å². The van der Waals surface area contributed by atoms with E-state index in [1.165, 1.54) is 5.56 Å². The monoisotopic (exact) mass is 429 g/mol. The summed E-state index contributed by atoms with van der Waals surface area (Å²) in [5.41, 5.74) is 9.11. The Morgan fingerprint density at radius 3 is 2.48 bits per heavy atom. The van der Waals surface area contributed by atoms with Crippen molar-refractivity contribution in [3.05, 3.63) is 46.3 Å². The van der Waals surface area contributed by atoms with Crippen molar-refractivity contribution in [3.63, 3.8) is 0 Å². The fourth-order valence-corrected chi connectivity index (χ4v) is 3.92. The first-order chi connectivity index (χ1) is 12.9. The number of piperazine rings is 1. The average molecular weight is 430 g/mol. The summed E-state index contributed by atoms with van der Waals surface area (Å²) in [6, 6.07) is 8.65. The van der Waals surface area contributed by atoms with Crippen LogP contribution in [0, 0.1) is 0 Å². The lowest BCUT2D eigenvalue weighted by molar-refractivity contribution is 0.249. The Labute approximate surface area is 167 Å². The number of fused-ring (bicyclic) bond motifs is 1. The molecule has 0 unspecified atom stereocenters. The number of nitrogens with one attached hydrogen (secondary N) is 1. The van der Waals surface area contributed by atoms with Gasteiger partial charge < -0.3 is 10.6 Å². The van der Waals surface area contributed by atoms with E-state index in [1.807, 2.05) is 13.8 Å². The van der Waals surface area contributed by atoms with Crippen molar-refractivity contribution in [2.24, 2.45) is 5.73 Å². The highest BCUT2D eigenvalue weighted by molar-refractivity contribution is 9.10. The molecule has 0 bridgehead atoms. The minimum atomic E-state index is -0.297. The highest BCUT2D eigenvalue weighted by Gasteiger charge is 2.22. The number of halogens is 1. The summed E-state index contributed by atoms with van der Waals surface area (Å²) >= 11 is 3.49. The summed E-state index contributed by atoms with van der Waals surface area (Å²) in [4.78, 5) is 13.5. The molecule has 0 saturated carbocycles. The van der Waals surface area contributed by atoms with Gasteiger partial charge in [-0.05, 0) is 40.9 Å². The summed E-state index contributed by atoms with van der Waals surface area (Å²) in [6.45, 7) is 8.85. The normalized spacial score (nSPS) is 16.2. The summed E-state index contributed by atoms with van der Waals surface area (Å²) in [5.74, 6) is 0.940. The molecule has 27 heavy (non-hydrogen) atoms. The molecule has 0 atom stereocenters. The van der Waals surface area contributed by atoms with Crippen LogP contribution in [0.1, 0.15) is 25.0 Å². The van der Waals surface area contributed by atoms with Gasteiger partial charge in [-0.15, -0.1) is 0 Å². The van der Waals surface area contributed by atoms with Gasteiger partial charge in [0.05, 0.1) is 5.39 Å². The molecule has 1 aliphatic heterocycles. The quantitative estimate of drug-likeness (QED) is 0.662. The van der Waals surface area contributed by atoms with Crippen LogP contribution < -0.4 is 10.6 Å². The third-order valence-corrected chi connectivity index (χ3v) is 5.64. The minimum Gasteiger partial charge on any atom is -0.353 e. The van der Waals surface area contributed by atoms with Crippen molar-refractivity contribution in [3.8, 4) is 0 Å². The maximum atomic E-state index is 6.17. The SMILES string of the molecule is CC(C)(N)c1ccc(CN2CCN(c3ncnc4[nH]nc(Br)c34)CC2)cc1. The molecule has 3 heterocycles. The summed E-state index contributed by atoms with van der Waals surface area (Å²) in [6.07, 6.45) is 1.59. The molecular weight excluding hydrogens is 406 g/mol. The van der Waals surface area contributed by atoms with E-state index in [-0.39, 0.29) is 5.54 Å². The maximum Gasteiger partial charge on any atom is 0.161 e. The van der Waals surface area contributed by atoms with Crippen LogP contribution in [0.4, 0.5) is 5.82 Å². The second-order valence-corrected chi connectivity index (χ2v) is 8.37. The standard InChI is InChI=1S/C19H24BrN7/c1-19(2,21)14-5-3-13(4-6-14)11-26-7-9-27(10-8-26)18-15-16(20)24-25-17(15)22-12-23-18/h3-6,12H,7-11,21H2,1-2H3,(H,22,23,24,25). The Balaban J connectivity index is 1.41. The van der Waals surface area contributed by atoms with Crippen LogP contribution in [0.5, 0.6) is 0 Å². The maximum absolute atomic E-state index is 6.17. The van der Waals surface area contributed by atoms with Gasteiger partial charge in [-0.2, -0.15) is 5.10 Å². The van der Waals surface area contributed by atoms with Gasteiger partial charge in [0.1, 0.15) is 16.7 Å². The molecule has 3 aromatic rings. The van der Waals surface area contributed by atoms with E-state index in [9.17, 15) is 0 Å². The number of aromatic amines is 1. The fraction of sp³-hybridized carbons (Fsp3) is 0.421. The van der Waals surface area contributed by atoms with E-state index in [4.69, 9.17) is 5.73 Å². The number of hydrogen-bond acceptors (Lipinski definition) is 6. The molecule has 0 aliphatic carbocycles. The number of nitrogens with two attached hydrogens (primary N) is 1. The number of H-pyrrole nitrogens is 1. The Bertz CT molecular complexity index is 921. The third kappa shape index (κ3) is 3.83.